The Bertz CT molecular complexity index is 844. The van der Waals surface area contributed by atoms with Crippen LogP contribution in [0.25, 0.3) is 0 Å². The van der Waals surface area contributed by atoms with Crippen molar-refractivity contribution >= 4 is 15.7 Å². The van der Waals surface area contributed by atoms with E-state index < -0.39 is 15.7 Å². The second kappa shape index (κ2) is 9.48. The summed E-state index contributed by atoms with van der Waals surface area (Å²) in [6.07, 6.45) is 2.98. The molecule has 2 aromatic rings. The average Bonchev–Trinajstić information content (AvgIpc) is 3.10. The fourth-order valence-corrected chi connectivity index (χ4v) is 7.01. The van der Waals surface area contributed by atoms with E-state index >= 15 is 0 Å². The normalized spacial score (nSPS) is 15.9. The predicted molar refractivity (Wildman–Crippen MR) is 117 cm³/mol. The van der Waals surface area contributed by atoms with E-state index in [0.29, 0.717) is 0 Å². The zero-order valence-corrected chi connectivity index (χ0v) is 20.5. The van der Waals surface area contributed by atoms with Crippen LogP contribution in [0.3, 0.4) is 0 Å². The molecule has 1 atom stereocenters. The molecule has 186 valence electrons. The molecule has 0 fully saturated rings. The summed E-state index contributed by atoms with van der Waals surface area (Å²) in [7, 11) is -2.92. The molecule has 0 aliphatic rings. The first-order chi connectivity index (χ1) is 14.3. The van der Waals surface area contributed by atoms with E-state index in [1.807, 2.05) is 56.6 Å². The summed E-state index contributed by atoms with van der Waals surface area (Å²) in [6.45, 7) is 2.10. The average molecular weight is 510 g/mol. The maximum absolute atomic E-state index is 10.7. The Morgan fingerprint density at radius 1 is 0.969 bits per heavy atom. The first kappa shape index (κ1) is 28.7. The third-order valence-corrected chi connectivity index (χ3v) is 8.41. The fraction of sp³-hybridized carbons (Fsp3) is 0.529. The molecule has 1 heterocycles. The first-order valence-electron chi connectivity index (χ1n) is 9.46. The van der Waals surface area contributed by atoms with E-state index in [0.717, 1.165) is 12.1 Å². The summed E-state index contributed by atoms with van der Waals surface area (Å²) in [5.41, 5.74) is 2.19. The van der Waals surface area contributed by atoms with Crippen LogP contribution in [0, 0.1) is 0 Å². The van der Waals surface area contributed by atoms with Gasteiger partial charge in [-0.25, -0.2) is 0 Å². The molecule has 0 aliphatic carbocycles. The molecule has 0 saturated heterocycles. The fourth-order valence-electron chi connectivity index (χ4n) is 3.44. The Labute approximate surface area is 184 Å². The number of aliphatic hydroxyl groups is 1. The molecular formula is C17H30F6N6OP2. The topological polar surface area (TPSA) is 60.7 Å². The van der Waals surface area contributed by atoms with Crippen LogP contribution in [0.15, 0.2) is 36.5 Å². The van der Waals surface area contributed by atoms with Crippen molar-refractivity contribution in [3.63, 3.8) is 0 Å². The summed E-state index contributed by atoms with van der Waals surface area (Å²) in [6, 6.07) is 10.4. The van der Waals surface area contributed by atoms with Crippen molar-refractivity contribution in [2.45, 2.75) is 19.3 Å². The van der Waals surface area contributed by atoms with E-state index in [-0.39, 0.29) is 12.6 Å². The Hall–Kier alpha value is -1.36. The summed E-state index contributed by atoms with van der Waals surface area (Å²) >= 11 is 0. The van der Waals surface area contributed by atoms with Gasteiger partial charge >= 0.3 is 40.9 Å². The number of aromatic nitrogens is 3. The van der Waals surface area contributed by atoms with Gasteiger partial charge in [-0.2, -0.15) is 0 Å². The van der Waals surface area contributed by atoms with Gasteiger partial charge in [0.15, 0.2) is 0 Å². The van der Waals surface area contributed by atoms with Crippen LogP contribution in [-0.2, 0) is 0 Å². The van der Waals surface area contributed by atoms with Gasteiger partial charge in [0.1, 0.15) is 6.73 Å². The zero-order valence-electron chi connectivity index (χ0n) is 18.7. The molecule has 1 N–H and O–H groups in total. The molecule has 7 nitrogen and oxygen atoms in total. The Balaban J connectivity index is 0.000000633. The molecule has 0 saturated carbocycles. The monoisotopic (exact) mass is 510 g/mol. The Kier molecular flexibility index (Phi) is 8.49. The quantitative estimate of drug-likeness (QED) is 0.278. The molecule has 1 aromatic heterocycles. The molecule has 32 heavy (non-hydrogen) atoms. The SMILES string of the molecule is CCC(c1ccccc1)c1cn([P+](N(C)C)(N(C)C)N(C)CO)nn1.F[P-](F)(F)(F)(F)F. The van der Waals surface area contributed by atoms with Crippen molar-refractivity contribution in [3.8, 4) is 0 Å². The predicted octanol–water partition coefficient (Wildman–Crippen LogP) is 5.73. The third kappa shape index (κ3) is 8.20. The molecular weight excluding hydrogens is 480 g/mol. The van der Waals surface area contributed by atoms with Gasteiger partial charge in [-0.15, -0.1) is 19.1 Å². The van der Waals surface area contributed by atoms with Gasteiger partial charge in [-0.1, -0.05) is 41.7 Å². The van der Waals surface area contributed by atoms with Gasteiger partial charge in [-0.05, 0) is 17.2 Å². The number of nitrogens with zero attached hydrogens (tertiary/aromatic N) is 6. The zero-order chi connectivity index (χ0) is 25.0. The van der Waals surface area contributed by atoms with E-state index in [1.165, 1.54) is 5.56 Å². The number of benzene rings is 1. The van der Waals surface area contributed by atoms with Crippen LogP contribution in [0.5, 0.6) is 0 Å². The van der Waals surface area contributed by atoms with Crippen LogP contribution in [0.4, 0.5) is 25.2 Å². The van der Waals surface area contributed by atoms with Crippen molar-refractivity contribution < 1.29 is 30.3 Å². The number of halogens is 6. The molecule has 0 aliphatic heterocycles. The molecule has 1 unspecified atom stereocenters. The first-order valence-corrected chi connectivity index (χ1v) is 13.1. The van der Waals surface area contributed by atoms with Crippen molar-refractivity contribution in [3.05, 3.63) is 47.8 Å². The molecule has 1 aromatic carbocycles. The second-order valence-corrected chi connectivity index (χ2v) is 13.1. The van der Waals surface area contributed by atoms with Gasteiger partial charge in [0.2, 0.25) is 0 Å². The van der Waals surface area contributed by atoms with Crippen molar-refractivity contribution in [1.29, 1.82) is 0 Å². The van der Waals surface area contributed by atoms with Gasteiger partial charge in [0, 0.05) is 41.2 Å². The molecule has 2 rings (SSSR count). The Morgan fingerprint density at radius 2 is 1.44 bits per heavy atom. The van der Waals surface area contributed by atoms with Gasteiger partial charge < -0.3 is 5.11 Å². The van der Waals surface area contributed by atoms with E-state index in [4.69, 9.17) is 0 Å². The maximum atomic E-state index is 9.87. The van der Waals surface area contributed by atoms with E-state index in [2.05, 4.69) is 50.8 Å². The number of hydrogen-bond acceptors (Lipinski definition) is 6. The van der Waals surface area contributed by atoms with Crippen LogP contribution < -0.4 is 0 Å². The number of rotatable bonds is 8. The van der Waals surface area contributed by atoms with Crippen molar-refractivity contribution in [2.24, 2.45) is 0 Å². The van der Waals surface area contributed by atoms with E-state index in [9.17, 15) is 30.3 Å². The van der Waals surface area contributed by atoms with Crippen LogP contribution in [0.2, 0.25) is 0 Å². The van der Waals surface area contributed by atoms with Gasteiger partial charge in [0.25, 0.3) is 0 Å². The van der Waals surface area contributed by atoms with Crippen LogP contribution in [0.1, 0.15) is 30.5 Å². The standard InChI is InChI=1S/C17H30N6OP.F6P/c1-7-16(15-11-9-8-10-12-15)17-13-23(19-18-17)25(20(2)3,21(4)5)22(6)14-24;1-7(2,3,4,5)6/h8-13,16,24H,7,14H2,1-6H3;/q+1;-1. The summed E-state index contributed by atoms with van der Waals surface area (Å²) in [5.74, 6) is 0.209. The third-order valence-electron chi connectivity index (χ3n) is 4.48. The van der Waals surface area contributed by atoms with E-state index in [1.54, 1.807) is 0 Å². The van der Waals surface area contributed by atoms with Gasteiger partial charge in [0.05, 0.1) is 11.9 Å². The van der Waals surface area contributed by atoms with Crippen molar-refractivity contribution in [2.75, 3.05) is 42.0 Å². The minimum atomic E-state index is -10.7. The number of aliphatic hydroxyl groups excluding tert-OH is 1. The summed E-state index contributed by atoms with van der Waals surface area (Å²) in [4.78, 5) is 0. The second-order valence-electron chi connectivity index (χ2n) is 7.42. The molecule has 0 radical (unpaired) electrons. The van der Waals surface area contributed by atoms with Crippen LogP contribution >= 0.6 is 15.7 Å². The summed E-state index contributed by atoms with van der Waals surface area (Å²) < 4.78 is 67.3. The minimum absolute atomic E-state index is 0.0603. The van der Waals surface area contributed by atoms with Crippen LogP contribution in [-0.4, -0.2) is 75.9 Å². The summed E-state index contributed by atoms with van der Waals surface area (Å²) in [5, 5.41) is 18.8. The number of hydrogen-bond donors (Lipinski definition) is 1. The van der Waals surface area contributed by atoms with Gasteiger partial charge in [-0.3, -0.25) is 0 Å². The molecule has 0 spiro atoms. The van der Waals surface area contributed by atoms with Crippen molar-refractivity contribution in [1.82, 2.24) is 28.8 Å². The molecule has 15 heteroatoms. The Morgan fingerprint density at radius 3 is 1.81 bits per heavy atom. The molecule has 0 amide bonds. The molecule has 0 bridgehead atoms.